The number of hydrogen-bond acceptors (Lipinski definition) is 5. The van der Waals surface area contributed by atoms with Crippen LogP contribution >= 0.6 is 0 Å². The number of piperidine rings is 1. The molecule has 1 fully saturated rings. The van der Waals surface area contributed by atoms with Crippen molar-refractivity contribution < 1.29 is 9.18 Å². The second-order valence-corrected chi connectivity index (χ2v) is 5.33. The molecule has 0 saturated carbocycles. The number of carbonyl (C=O) groups excluding carboxylic acids is 1. The molecule has 2 N–H and O–H groups in total. The normalized spacial score (nSPS) is 19.0. The van der Waals surface area contributed by atoms with Crippen LogP contribution in [0.5, 0.6) is 0 Å². The highest BCUT2D eigenvalue weighted by atomic mass is 19.1. The summed E-state index contributed by atoms with van der Waals surface area (Å²) in [6, 6.07) is 6.13. The molecule has 0 bridgehead atoms. The van der Waals surface area contributed by atoms with Crippen LogP contribution in [-0.2, 0) is 11.3 Å². The van der Waals surface area contributed by atoms with Crippen LogP contribution in [0.1, 0.15) is 24.8 Å². The van der Waals surface area contributed by atoms with Crippen molar-refractivity contribution in [2.24, 2.45) is 0 Å². The zero-order chi connectivity index (χ0) is 15.4. The molecule has 1 saturated heterocycles. The second-order valence-electron chi connectivity index (χ2n) is 5.33. The summed E-state index contributed by atoms with van der Waals surface area (Å²) in [6.45, 7) is 1.45. The van der Waals surface area contributed by atoms with Gasteiger partial charge in [0.15, 0.2) is 0 Å². The van der Waals surface area contributed by atoms with Gasteiger partial charge in [-0.2, -0.15) is 5.21 Å². The summed E-state index contributed by atoms with van der Waals surface area (Å²) in [6.07, 6.45) is 2.84. The van der Waals surface area contributed by atoms with E-state index in [1.807, 2.05) is 0 Å². The van der Waals surface area contributed by atoms with Crippen molar-refractivity contribution in [1.82, 2.24) is 25.5 Å². The maximum atomic E-state index is 13.0. The Hall–Kier alpha value is -2.35. The van der Waals surface area contributed by atoms with Crippen LogP contribution < -0.4 is 5.32 Å². The number of tetrazole rings is 1. The molecule has 1 amide bonds. The van der Waals surface area contributed by atoms with Gasteiger partial charge < -0.3 is 0 Å². The summed E-state index contributed by atoms with van der Waals surface area (Å²) in [5, 5.41) is 15.8. The van der Waals surface area contributed by atoms with Crippen LogP contribution in [0.15, 0.2) is 24.3 Å². The Bertz CT molecular complexity index is 615. The molecule has 1 aromatic heterocycles. The maximum absolute atomic E-state index is 13.0. The number of aromatic amines is 1. The highest BCUT2D eigenvalue weighted by molar-refractivity contribution is 5.93. The fourth-order valence-corrected chi connectivity index (χ4v) is 2.71. The predicted octanol–water partition coefficient (Wildman–Crippen LogP) is 1.33. The molecule has 0 spiro atoms. The molecule has 1 aromatic carbocycles. The van der Waals surface area contributed by atoms with Crippen molar-refractivity contribution in [2.75, 3.05) is 11.9 Å². The Morgan fingerprint density at radius 1 is 1.36 bits per heavy atom. The molecule has 116 valence electrons. The second kappa shape index (κ2) is 6.61. The van der Waals surface area contributed by atoms with Gasteiger partial charge in [-0.25, -0.2) is 4.39 Å². The summed E-state index contributed by atoms with van der Waals surface area (Å²) >= 11 is 0. The van der Waals surface area contributed by atoms with E-state index in [2.05, 4.69) is 30.8 Å². The molecule has 1 aliphatic rings. The van der Waals surface area contributed by atoms with E-state index in [0.717, 1.165) is 31.4 Å². The van der Waals surface area contributed by atoms with E-state index in [4.69, 9.17) is 0 Å². The Balaban J connectivity index is 1.67. The van der Waals surface area contributed by atoms with Gasteiger partial charge in [-0.15, -0.1) is 5.10 Å². The largest absolute Gasteiger partial charge is 0.291 e. The van der Waals surface area contributed by atoms with E-state index < -0.39 is 0 Å². The lowest BCUT2D eigenvalue weighted by atomic mass is 10.0. The van der Waals surface area contributed by atoms with Gasteiger partial charge in [-0.05, 0) is 42.3 Å². The molecule has 2 aromatic rings. The van der Waals surface area contributed by atoms with E-state index in [0.29, 0.717) is 6.54 Å². The van der Waals surface area contributed by atoms with Gasteiger partial charge in [0.05, 0.1) is 6.04 Å². The molecule has 2 heterocycles. The third kappa shape index (κ3) is 3.45. The first kappa shape index (κ1) is 14.6. The predicted molar refractivity (Wildman–Crippen MR) is 77.3 cm³/mol. The molecule has 0 radical (unpaired) electrons. The summed E-state index contributed by atoms with van der Waals surface area (Å²) in [5.41, 5.74) is 0.987. The Morgan fingerprint density at radius 2 is 2.18 bits per heavy atom. The van der Waals surface area contributed by atoms with Gasteiger partial charge in [-0.3, -0.25) is 15.0 Å². The highest BCUT2D eigenvalue weighted by Crippen LogP contribution is 2.20. The van der Waals surface area contributed by atoms with Crippen LogP contribution in [0.2, 0.25) is 0 Å². The topological polar surface area (TPSA) is 86.8 Å². The number of amides is 1. The summed E-state index contributed by atoms with van der Waals surface area (Å²) in [7, 11) is 0. The average Bonchev–Trinajstić information content (AvgIpc) is 3.03. The van der Waals surface area contributed by atoms with Crippen molar-refractivity contribution in [3.05, 3.63) is 35.6 Å². The summed E-state index contributed by atoms with van der Waals surface area (Å²) in [5.74, 6) is -0.214. The third-order valence-corrected chi connectivity index (χ3v) is 3.80. The molecule has 22 heavy (non-hydrogen) atoms. The number of carbonyl (C=O) groups is 1. The lowest BCUT2D eigenvalue weighted by Gasteiger charge is -2.34. The Labute approximate surface area is 126 Å². The van der Waals surface area contributed by atoms with Crippen molar-refractivity contribution in [3.8, 4) is 0 Å². The number of rotatable bonds is 4. The lowest BCUT2D eigenvalue weighted by Crippen LogP contribution is -2.46. The number of anilines is 1. The summed E-state index contributed by atoms with van der Waals surface area (Å²) < 4.78 is 13.0. The zero-order valence-electron chi connectivity index (χ0n) is 12.0. The molecule has 1 unspecified atom stereocenters. The molecular weight excluding hydrogens is 287 g/mol. The first-order chi connectivity index (χ1) is 10.7. The van der Waals surface area contributed by atoms with Gasteiger partial charge in [0.1, 0.15) is 5.82 Å². The first-order valence-corrected chi connectivity index (χ1v) is 7.25. The van der Waals surface area contributed by atoms with Crippen LogP contribution in [-0.4, -0.2) is 44.0 Å². The third-order valence-electron chi connectivity index (χ3n) is 3.80. The number of hydrogen-bond donors (Lipinski definition) is 2. The minimum Gasteiger partial charge on any atom is -0.291 e. The lowest BCUT2D eigenvalue weighted by molar-refractivity contribution is -0.122. The van der Waals surface area contributed by atoms with E-state index in [-0.39, 0.29) is 23.7 Å². The zero-order valence-corrected chi connectivity index (χ0v) is 12.0. The molecule has 3 rings (SSSR count). The minimum absolute atomic E-state index is 0.136. The number of aromatic nitrogens is 4. The van der Waals surface area contributed by atoms with Gasteiger partial charge >= 0.3 is 0 Å². The number of benzene rings is 1. The number of H-pyrrole nitrogens is 1. The van der Waals surface area contributed by atoms with Crippen molar-refractivity contribution in [2.45, 2.75) is 31.8 Å². The van der Waals surface area contributed by atoms with Crippen LogP contribution in [0.25, 0.3) is 0 Å². The minimum atomic E-state index is -0.256. The van der Waals surface area contributed by atoms with E-state index in [1.54, 1.807) is 12.1 Å². The monoisotopic (exact) mass is 304 g/mol. The quantitative estimate of drug-likeness (QED) is 0.890. The van der Waals surface area contributed by atoms with Crippen molar-refractivity contribution in [1.29, 1.82) is 0 Å². The summed E-state index contributed by atoms with van der Waals surface area (Å²) in [4.78, 5) is 14.5. The first-order valence-electron chi connectivity index (χ1n) is 7.25. The van der Waals surface area contributed by atoms with Gasteiger partial charge in [0.25, 0.3) is 5.95 Å². The molecule has 0 aliphatic carbocycles. The van der Waals surface area contributed by atoms with Crippen molar-refractivity contribution >= 4 is 11.9 Å². The van der Waals surface area contributed by atoms with E-state index >= 15 is 0 Å². The van der Waals surface area contributed by atoms with Crippen molar-refractivity contribution in [3.63, 3.8) is 0 Å². The number of halogens is 1. The Kier molecular flexibility index (Phi) is 4.38. The molecule has 7 nitrogen and oxygen atoms in total. The standard InChI is InChI=1S/C14H17FN6O/c15-11-6-4-10(5-7-11)9-21-8-2-1-3-12(21)13(22)16-14-17-19-20-18-14/h4-7,12H,1-3,8-9H2,(H2,16,17,18,19,20,22). The number of nitrogens with zero attached hydrogens (tertiary/aromatic N) is 4. The molecular formula is C14H17FN6O. The SMILES string of the molecule is O=C(Nc1nn[nH]n1)C1CCCCN1Cc1ccc(F)cc1. The molecule has 1 aliphatic heterocycles. The van der Waals surface area contributed by atoms with Gasteiger partial charge in [0.2, 0.25) is 5.91 Å². The molecule has 8 heteroatoms. The maximum Gasteiger partial charge on any atom is 0.269 e. The Morgan fingerprint density at radius 3 is 2.91 bits per heavy atom. The van der Waals surface area contributed by atoms with E-state index in [1.165, 1.54) is 12.1 Å². The van der Waals surface area contributed by atoms with Crippen LogP contribution in [0, 0.1) is 5.82 Å². The molecule has 1 atom stereocenters. The number of nitrogens with one attached hydrogen (secondary N) is 2. The van der Waals surface area contributed by atoms with E-state index in [9.17, 15) is 9.18 Å². The fourth-order valence-electron chi connectivity index (χ4n) is 2.71. The highest BCUT2D eigenvalue weighted by Gasteiger charge is 2.29. The average molecular weight is 304 g/mol. The van der Waals surface area contributed by atoms with Gasteiger partial charge in [0, 0.05) is 6.54 Å². The van der Waals surface area contributed by atoms with Gasteiger partial charge in [-0.1, -0.05) is 23.7 Å². The van der Waals surface area contributed by atoms with Crippen LogP contribution in [0.4, 0.5) is 10.3 Å². The smallest absolute Gasteiger partial charge is 0.269 e. The van der Waals surface area contributed by atoms with Crippen LogP contribution in [0.3, 0.4) is 0 Å². The fraction of sp³-hybridized carbons (Fsp3) is 0.429. The number of likely N-dealkylation sites (tertiary alicyclic amines) is 1.